The van der Waals surface area contributed by atoms with Crippen molar-refractivity contribution >= 4 is 37.2 Å². The fraction of sp³-hybridized carbons (Fsp3) is 0.500. The SMILES string of the molecule is Cc1nc(C)c(C)[nH]1.II. The summed E-state index contributed by atoms with van der Waals surface area (Å²) in [6, 6.07) is 0. The molecule has 58 valence electrons. The molecule has 10 heavy (non-hydrogen) atoms. The Morgan fingerprint density at radius 3 is 1.80 bits per heavy atom. The van der Waals surface area contributed by atoms with E-state index in [-0.39, 0.29) is 0 Å². The van der Waals surface area contributed by atoms with E-state index < -0.39 is 0 Å². The Morgan fingerprint density at radius 2 is 1.70 bits per heavy atom. The third kappa shape index (κ3) is 3.18. The van der Waals surface area contributed by atoms with Crippen LogP contribution in [-0.2, 0) is 0 Å². The third-order valence-corrected chi connectivity index (χ3v) is 1.25. The first-order chi connectivity index (χ1) is 4.70. The third-order valence-electron chi connectivity index (χ3n) is 1.25. The molecule has 0 aliphatic heterocycles. The van der Waals surface area contributed by atoms with Gasteiger partial charge in [-0.05, 0) is 20.8 Å². The quantitative estimate of drug-likeness (QED) is 0.705. The Labute approximate surface area is 84.5 Å². The minimum Gasteiger partial charge on any atom is -0.346 e. The van der Waals surface area contributed by atoms with Crippen molar-refractivity contribution in [1.82, 2.24) is 9.97 Å². The largest absolute Gasteiger partial charge is 0.346 e. The van der Waals surface area contributed by atoms with Crippen LogP contribution in [0.3, 0.4) is 0 Å². The Hall–Kier alpha value is 0.670. The van der Waals surface area contributed by atoms with Gasteiger partial charge in [-0.2, -0.15) is 0 Å². The van der Waals surface area contributed by atoms with Crippen LogP contribution in [0, 0.1) is 20.8 Å². The lowest BCUT2D eigenvalue weighted by atomic mass is 10.4. The second kappa shape index (κ2) is 5.34. The average molecular weight is 364 g/mol. The van der Waals surface area contributed by atoms with Crippen LogP contribution in [0.1, 0.15) is 17.2 Å². The van der Waals surface area contributed by atoms with E-state index in [2.05, 4.69) is 47.2 Å². The minimum atomic E-state index is 1.00. The molecule has 0 saturated carbocycles. The molecule has 0 aliphatic carbocycles. The van der Waals surface area contributed by atoms with E-state index in [4.69, 9.17) is 0 Å². The maximum absolute atomic E-state index is 4.16. The van der Waals surface area contributed by atoms with Crippen LogP contribution in [0.2, 0.25) is 0 Å². The molecular formula is C6H10I2N2. The normalized spacial score (nSPS) is 8.50. The standard InChI is InChI=1S/C6H10N2.I2/c1-4-5(2)8-6(3)7-4;1-2/h1-3H3,(H,7,8);. The van der Waals surface area contributed by atoms with Gasteiger partial charge in [0.2, 0.25) is 0 Å². The van der Waals surface area contributed by atoms with E-state index >= 15 is 0 Å². The summed E-state index contributed by atoms with van der Waals surface area (Å²) in [5.41, 5.74) is 2.27. The van der Waals surface area contributed by atoms with Gasteiger partial charge in [-0.3, -0.25) is 0 Å². The Balaban J connectivity index is 0.000000371. The molecule has 0 atom stereocenters. The van der Waals surface area contributed by atoms with Crippen molar-refractivity contribution in [2.45, 2.75) is 20.8 Å². The van der Waals surface area contributed by atoms with Crippen molar-refractivity contribution < 1.29 is 0 Å². The first kappa shape index (κ1) is 10.7. The predicted molar refractivity (Wildman–Crippen MR) is 60.8 cm³/mol. The number of aromatic amines is 1. The summed E-state index contributed by atoms with van der Waals surface area (Å²) in [4.78, 5) is 7.25. The van der Waals surface area contributed by atoms with Crippen molar-refractivity contribution in [3.63, 3.8) is 0 Å². The molecule has 1 aromatic rings. The van der Waals surface area contributed by atoms with Crippen molar-refractivity contribution in [3.05, 3.63) is 17.2 Å². The second-order valence-corrected chi connectivity index (χ2v) is 2.03. The van der Waals surface area contributed by atoms with Gasteiger partial charge in [0.25, 0.3) is 0 Å². The van der Waals surface area contributed by atoms with Gasteiger partial charge in [0.05, 0.1) is 5.69 Å². The summed E-state index contributed by atoms with van der Waals surface area (Å²) in [6.45, 7) is 5.98. The highest BCUT2D eigenvalue weighted by Crippen LogP contribution is 1.99. The first-order valence-corrected chi connectivity index (χ1v) is 9.13. The molecule has 0 spiro atoms. The average Bonchev–Trinajstić information content (AvgIpc) is 2.16. The van der Waals surface area contributed by atoms with Gasteiger partial charge >= 0.3 is 0 Å². The van der Waals surface area contributed by atoms with Gasteiger partial charge in [0, 0.05) is 42.9 Å². The van der Waals surface area contributed by atoms with Crippen LogP contribution in [-0.4, -0.2) is 9.97 Å². The van der Waals surface area contributed by atoms with Crippen LogP contribution >= 0.6 is 37.2 Å². The van der Waals surface area contributed by atoms with Crippen LogP contribution in [0.15, 0.2) is 0 Å². The molecule has 0 amide bonds. The number of hydrogen-bond acceptors (Lipinski definition) is 1. The lowest BCUT2D eigenvalue weighted by Crippen LogP contribution is -1.71. The smallest absolute Gasteiger partial charge is 0.103 e. The second-order valence-electron chi connectivity index (χ2n) is 2.03. The number of imidazole rings is 1. The minimum absolute atomic E-state index is 1.00. The van der Waals surface area contributed by atoms with Gasteiger partial charge in [-0.25, -0.2) is 4.98 Å². The van der Waals surface area contributed by atoms with Crippen molar-refractivity contribution in [1.29, 1.82) is 0 Å². The number of aromatic nitrogens is 2. The molecule has 1 aromatic heterocycles. The first-order valence-electron chi connectivity index (χ1n) is 2.84. The number of H-pyrrole nitrogens is 1. The molecule has 2 nitrogen and oxygen atoms in total. The zero-order chi connectivity index (χ0) is 8.15. The topological polar surface area (TPSA) is 28.7 Å². The molecule has 1 heterocycles. The van der Waals surface area contributed by atoms with E-state index in [1.54, 1.807) is 0 Å². The van der Waals surface area contributed by atoms with E-state index in [1.807, 2.05) is 20.8 Å². The van der Waals surface area contributed by atoms with Gasteiger partial charge in [0.15, 0.2) is 0 Å². The molecule has 0 bridgehead atoms. The zero-order valence-electron chi connectivity index (χ0n) is 6.20. The summed E-state index contributed by atoms with van der Waals surface area (Å²) in [5.74, 6) is 1.00. The zero-order valence-corrected chi connectivity index (χ0v) is 10.5. The van der Waals surface area contributed by atoms with E-state index in [0.29, 0.717) is 0 Å². The number of halogens is 2. The van der Waals surface area contributed by atoms with Crippen LogP contribution in [0.5, 0.6) is 0 Å². The van der Waals surface area contributed by atoms with Crippen molar-refractivity contribution in [3.8, 4) is 0 Å². The van der Waals surface area contributed by atoms with E-state index in [1.165, 1.54) is 5.69 Å². The Bertz CT molecular complexity index is 176. The summed E-state index contributed by atoms with van der Waals surface area (Å²) in [7, 11) is 0. The summed E-state index contributed by atoms with van der Waals surface area (Å²) in [5, 5.41) is 0. The number of rotatable bonds is 0. The molecule has 0 unspecified atom stereocenters. The summed E-state index contributed by atoms with van der Waals surface area (Å²) >= 11 is 4.24. The number of nitrogens with one attached hydrogen (secondary N) is 1. The maximum Gasteiger partial charge on any atom is 0.103 e. The molecular weight excluding hydrogens is 354 g/mol. The summed E-state index contributed by atoms with van der Waals surface area (Å²) in [6.07, 6.45) is 0. The molecule has 0 aromatic carbocycles. The Morgan fingerprint density at radius 1 is 1.20 bits per heavy atom. The van der Waals surface area contributed by atoms with Crippen LogP contribution in [0.4, 0.5) is 0 Å². The summed E-state index contributed by atoms with van der Waals surface area (Å²) < 4.78 is 0. The number of aryl methyl sites for hydroxylation is 3. The fourth-order valence-corrected chi connectivity index (χ4v) is 0.725. The van der Waals surface area contributed by atoms with Crippen molar-refractivity contribution in [2.75, 3.05) is 0 Å². The monoisotopic (exact) mass is 364 g/mol. The molecule has 0 fully saturated rings. The lowest BCUT2D eigenvalue weighted by Gasteiger charge is -1.79. The molecule has 0 radical (unpaired) electrons. The van der Waals surface area contributed by atoms with Gasteiger partial charge in [-0.15, -0.1) is 0 Å². The highest BCUT2D eigenvalue weighted by molar-refractivity contribution is 15.0. The molecule has 0 aliphatic rings. The van der Waals surface area contributed by atoms with Gasteiger partial charge in [0.1, 0.15) is 5.82 Å². The molecule has 1 rings (SSSR count). The van der Waals surface area contributed by atoms with Crippen LogP contribution < -0.4 is 0 Å². The number of nitrogens with zero attached hydrogens (tertiary/aromatic N) is 1. The fourth-order valence-electron chi connectivity index (χ4n) is 0.725. The van der Waals surface area contributed by atoms with Crippen molar-refractivity contribution in [2.24, 2.45) is 0 Å². The number of hydrogen-bond donors (Lipinski definition) is 1. The lowest BCUT2D eigenvalue weighted by molar-refractivity contribution is 1.12. The molecule has 4 heteroatoms. The van der Waals surface area contributed by atoms with E-state index in [9.17, 15) is 0 Å². The van der Waals surface area contributed by atoms with Crippen LogP contribution in [0.25, 0.3) is 0 Å². The highest BCUT2D eigenvalue weighted by atomic mass is 128. The maximum atomic E-state index is 4.16. The molecule has 0 saturated heterocycles. The predicted octanol–water partition coefficient (Wildman–Crippen LogP) is 3.11. The highest BCUT2D eigenvalue weighted by Gasteiger charge is 1.93. The molecule has 1 N–H and O–H groups in total. The Kier molecular flexibility index (Phi) is 5.69. The van der Waals surface area contributed by atoms with Gasteiger partial charge in [-0.1, -0.05) is 0 Å². The van der Waals surface area contributed by atoms with E-state index in [0.717, 1.165) is 11.5 Å². The van der Waals surface area contributed by atoms with Gasteiger partial charge < -0.3 is 4.98 Å².